The Morgan fingerprint density at radius 3 is 2.36 bits per heavy atom. The molecule has 4 aromatic carbocycles. The van der Waals surface area contributed by atoms with Gasteiger partial charge in [-0.3, -0.25) is 29.5 Å². The molecular formula is C40H31ClFN3O8. The number of halogens is 2. The van der Waals surface area contributed by atoms with E-state index >= 15 is 4.79 Å². The van der Waals surface area contributed by atoms with E-state index in [-0.39, 0.29) is 41.1 Å². The molecule has 8 rings (SSSR count). The van der Waals surface area contributed by atoms with Gasteiger partial charge in [0, 0.05) is 16.5 Å². The summed E-state index contributed by atoms with van der Waals surface area (Å²) < 4.78 is 19.4. The van der Waals surface area contributed by atoms with Gasteiger partial charge in [0.05, 0.1) is 47.2 Å². The van der Waals surface area contributed by atoms with Gasteiger partial charge in [0.1, 0.15) is 17.3 Å². The van der Waals surface area contributed by atoms with Crippen LogP contribution in [-0.2, 0) is 24.6 Å². The summed E-state index contributed by atoms with van der Waals surface area (Å²) in [6, 6.07) is 21.9. The Bertz CT molecular complexity index is 2260. The van der Waals surface area contributed by atoms with E-state index in [4.69, 9.17) is 16.3 Å². The number of hydrogen-bond donors (Lipinski definition) is 3. The number of carbonyl (C=O) groups excluding carboxylic acids is 4. The average Bonchev–Trinajstić information content (AvgIpc) is 3.53. The highest BCUT2D eigenvalue weighted by Crippen LogP contribution is 2.65. The molecule has 4 aromatic rings. The first-order chi connectivity index (χ1) is 25.4. The second-order valence-electron chi connectivity index (χ2n) is 13.7. The smallest absolute Gasteiger partial charge is 0.335 e. The number of imide groups is 2. The second kappa shape index (κ2) is 12.6. The van der Waals surface area contributed by atoms with E-state index in [9.17, 15) is 33.8 Å². The first-order valence-corrected chi connectivity index (χ1v) is 17.3. The minimum atomic E-state index is -1.70. The zero-order chi connectivity index (χ0) is 37.3. The van der Waals surface area contributed by atoms with Gasteiger partial charge in [0.15, 0.2) is 0 Å². The van der Waals surface area contributed by atoms with Crippen LogP contribution in [0.15, 0.2) is 103 Å². The number of aromatic carboxylic acids is 1. The maximum Gasteiger partial charge on any atom is 0.335 e. The van der Waals surface area contributed by atoms with Crippen molar-refractivity contribution in [2.75, 3.05) is 17.4 Å². The van der Waals surface area contributed by atoms with Gasteiger partial charge < -0.3 is 14.9 Å². The molecule has 2 aliphatic carbocycles. The summed E-state index contributed by atoms with van der Waals surface area (Å²) in [5, 5.41) is 22.5. The Kier molecular flexibility index (Phi) is 8.10. The van der Waals surface area contributed by atoms with Crippen molar-refractivity contribution in [1.82, 2.24) is 5.01 Å². The number of hydrazine groups is 1. The number of methoxy groups -OCH3 is 1. The fraction of sp³-hybridized carbons (Fsp3) is 0.225. The molecule has 13 heteroatoms. The number of carbonyl (C=O) groups is 5. The lowest BCUT2D eigenvalue weighted by Crippen LogP contribution is -2.53. The summed E-state index contributed by atoms with van der Waals surface area (Å²) in [5.41, 5.74) is 2.77. The largest absolute Gasteiger partial charge is 0.508 e. The van der Waals surface area contributed by atoms with Crippen molar-refractivity contribution in [2.45, 2.75) is 24.2 Å². The molecule has 11 nitrogen and oxygen atoms in total. The summed E-state index contributed by atoms with van der Waals surface area (Å²) in [6.07, 6.45) is 1.92. The van der Waals surface area contributed by atoms with Gasteiger partial charge in [0.2, 0.25) is 11.8 Å². The van der Waals surface area contributed by atoms with E-state index in [2.05, 4.69) is 5.43 Å². The number of benzene rings is 4. The Hall–Kier alpha value is -6.01. The monoisotopic (exact) mass is 735 g/mol. The Labute approximate surface area is 307 Å². The third-order valence-corrected chi connectivity index (χ3v) is 11.4. The number of nitrogens with one attached hydrogen (secondary N) is 1. The molecule has 4 aliphatic rings. The molecule has 0 bridgehead atoms. The molecule has 2 aliphatic heterocycles. The van der Waals surface area contributed by atoms with Gasteiger partial charge in [-0.2, -0.15) is 5.01 Å². The molecule has 268 valence electrons. The summed E-state index contributed by atoms with van der Waals surface area (Å²) in [6.45, 7) is 0. The van der Waals surface area contributed by atoms with Crippen LogP contribution in [0.4, 0.5) is 15.8 Å². The lowest BCUT2D eigenvalue weighted by molar-refractivity contribution is -0.138. The molecule has 2 saturated heterocycles. The van der Waals surface area contributed by atoms with Gasteiger partial charge in [-0.1, -0.05) is 41.4 Å². The number of hydrogen-bond acceptors (Lipinski definition) is 8. The number of aromatic hydroxyl groups is 1. The molecule has 0 spiro atoms. The number of allylic oxidation sites excluding steroid dienone is 2. The predicted octanol–water partition coefficient (Wildman–Crippen LogP) is 6.08. The van der Waals surface area contributed by atoms with E-state index in [1.54, 1.807) is 36.4 Å². The molecule has 4 amide bonds. The zero-order valence-electron chi connectivity index (χ0n) is 28.0. The van der Waals surface area contributed by atoms with Crippen LogP contribution in [-0.4, -0.2) is 51.9 Å². The number of ether oxygens (including phenoxy) is 1. The van der Waals surface area contributed by atoms with Gasteiger partial charge in [0.25, 0.3) is 11.8 Å². The Morgan fingerprint density at radius 2 is 1.66 bits per heavy atom. The number of rotatable bonds is 7. The van der Waals surface area contributed by atoms with Crippen molar-refractivity contribution in [3.05, 3.63) is 130 Å². The minimum Gasteiger partial charge on any atom is -0.508 e. The molecule has 6 atom stereocenters. The average molecular weight is 736 g/mol. The third kappa shape index (κ3) is 5.11. The highest BCUT2D eigenvalue weighted by atomic mass is 35.5. The van der Waals surface area contributed by atoms with E-state index in [1.165, 1.54) is 61.7 Å². The lowest BCUT2D eigenvalue weighted by atomic mass is 9.49. The van der Waals surface area contributed by atoms with Crippen molar-refractivity contribution in [3.63, 3.8) is 0 Å². The number of fused-ring (bicyclic) bond motifs is 4. The Balaban J connectivity index is 1.33. The Morgan fingerprint density at radius 1 is 0.925 bits per heavy atom. The van der Waals surface area contributed by atoms with Crippen molar-refractivity contribution in [1.29, 1.82) is 0 Å². The van der Waals surface area contributed by atoms with E-state index < -0.39 is 70.4 Å². The van der Waals surface area contributed by atoms with Crippen molar-refractivity contribution >= 4 is 52.6 Å². The number of anilines is 2. The molecule has 6 unspecified atom stereocenters. The second-order valence-corrected chi connectivity index (χ2v) is 14.1. The van der Waals surface area contributed by atoms with E-state index in [1.807, 2.05) is 6.08 Å². The zero-order valence-corrected chi connectivity index (χ0v) is 28.8. The summed E-state index contributed by atoms with van der Waals surface area (Å²) in [5.74, 6) is -8.58. The van der Waals surface area contributed by atoms with E-state index in [0.717, 1.165) is 9.91 Å². The summed E-state index contributed by atoms with van der Waals surface area (Å²) in [7, 11) is 1.46. The van der Waals surface area contributed by atoms with Gasteiger partial charge in [-0.25, -0.2) is 9.18 Å². The molecule has 2 heterocycles. The first-order valence-electron chi connectivity index (χ1n) is 16.9. The first kappa shape index (κ1) is 34.1. The van der Waals surface area contributed by atoms with Crippen molar-refractivity contribution in [3.8, 4) is 11.5 Å². The predicted molar refractivity (Wildman–Crippen MR) is 190 cm³/mol. The number of phenols is 1. The number of nitrogens with zero attached hydrogens (tertiary/aromatic N) is 2. The maximum atomic E-state index is 15.2. The number of carboxylic acids is 1. The summed E-state index contributed by atoms with van der Waals surface area (Å²) in [4.78, 5) is 71.3. The molecule has 0 radical (unpaired) electrons. The normalized spacial score (nSPS) is 26.2. The highest BCUT2D eigenvalue weighted by molar-refractivity contribution is 6.30. The fourth-order valence-electron chi connectivity index (χ4n) is 8.92. The molecular weight excluding hydrogens is 705 g/mol. The van der Waals surface area contributed by atoms with Crippen molar-refractivity contribution in [2.24, 2.45) is 23.7 Å². The van der Waals surface area contributed by atoms with Crippen LogP contribution >= 0.6 is 11.6 Å². The van der Waals surface area contributed by atoms with E-state index in [0.29, 0.717) is 21.9 Å². The number of amides is 4. The van der Waals surface area contributed by atoms with Crippen LogP contribution in [0.25, 0.3) is 0 Å². The number of phenolic OH excluding ortho intramolecular Hbond substituents is 1. The van der Waals surface area contributed by atoms with Gasteiger partial charge >= 0.3 is 5.97 Å². The van der Waals surface area contributed by atoms with Crippen LogP contribution in [0.1, 0.15) is 40.2 Å². The highest BCUT2D eigenvalue weighted by Gasteiger charge is 2.70. The van der Waals surface area contributed by atoms with Crippen LogP contribution in [0.3, 0.4) is 0 Å². The maximum absolute atomic E-state index is 15.2. The lowest BCUT2D eigenvalue weighted by Gasteiger charge is -2.50. The topological polar surface area (TPSA) is 154 Å². The molecule has 3 fully saturated rings. The van der Waals surface area contributed by atoms with Gasteiger partial charge in [-0.05, 0) is 97.1 Å². The third-order valence-electron chi connectivity index (χ3n) is 11.2. The van der Waals surface area contributed by atoms with Crippen LogP contribution < -0.4 is 15.1 Å². The molecule has 3 N–H and O–H groups in total. The van der Waals surface area contributed by atoms with Crippen LogP contribution in [0, 0.1) is 29.5 Å². The molecule has 0 aromatic heterocycles. The molecule has 1 saturated carbocycles. The van der Waals surface area contributed by atoms with Gasteiger partial charge in [-0.15, -0.1) is 0 Å². The van der Waals surface area contributed by atoms with Crippen LogP contribution in [0.2, 0.25) is 5.02 Å². The minimum absolute atomic E-state index is 0.0228. The molecule has 53 heavy (non-hydrogen) atoms. The summed E-state index contributed by atoms with van der Waals surface area (Å²) >= 11 is 6.34. The quantitative estimate of drug-likeness (QED) is 0.151. The number of carboxylic acid groups (broad SMARTS) is 1. The SMILES string of the molecule is COc1ccc(O)c(C2C3=CCC4C(=O)N(c5cccc(C(=O)O)c5)C(=O)C4C3CC3C(=O)N(Nc4ccc(F)cc4)C(=O)C32c2ccc(Cl)cc2)c1. The standard InChI is InChI=1S/C40H31ClFN3O8/c1-53-26-13-16-32(46)30(18-26)34-27-14-15-28-33(37(49)44(35(28)47)25-4-2-3-20(17-25)38(50)51)29(27)19-31-36(48)45(43-24-11-9-23(42)10-12-24)39(52)40(31,34)21-5-7-22(41)8-6-21/h2-14,16-18,28-29,31,33-34,43,46H,15,19H2,1H3,(H,50,51). The van der Waals surface area contributed by atoms with Crippen LogP contribution in [0.5, 0.6) is 11.5 Å². The van der Waals surface area contributed by atoms with Crippen molar-refractivity contribution < 1.29 is 43.3 Å². The fourth-order valence-corrected chi connectivity index (χ4v) is 9.05.